The van der Waals surface area contributed by atoms with Gasteiger partial charge in [-0.3, -0.25) is 5.32 Å². The quantitative estimate of drug-likeness (QED) is 0.421. The molecule has 1 aromatic carbocycles. The van der Waals surface area contributed by atoms with E-state index in [4.69, 9.17) is 0 Å². The first kappa shape index (κ1) is 23.7. The molecule has 2 unspecified atom stereocenters. The Kier molecular flexibility index (Phi) is 7.12. The molecule has 0 spiro atoms. The van der Waals surface area contributed by atoms with Crippen LogP contribution in [-0.2, 0) is 12.4 Å². The van der Waals surface area contributed by atoms with Gasteiger partial charge < -0.3 is 10.4 Å². The fourth-order valence-electron chi connectivity index (χ4n) is 3.94. The van der Waals surface area contributed by atoms with Crippen LogP contribution in [0.15, 0.2) is 24.3 Å². The maximum atomic E-state index is 13.4. The van der Waals surface area contributed by atoms with Gasteiger partial charge >= 0.3 is 12.4 Å². The molecule has 1 aliphatic carbocycles. The fraction of sp³-hybridized carbons (Fsp3) is 0.571. The van der Waals surface area contributed by atoms with Crippen LogP contribution in [0.1, 0.15) is 62.1 Å². The van der Waals surface area contributed by atoms with Crippen LogP contribution in [0.5, 0.6) is 0 Å². The highest BCUT2D eigenvalue weighted by molar-refractivity contribution is 5.86. The van der Waals surface area contributed by atoms with Gasteiger partial charge in [0.15, 0.2) is 0 Å². The van der Waals surface area contributed by atoms with Crippen molar-refractivity contribution in [1.29, 1.82) is 0 Å². The Bertz CT molecular complexity index is 893. The summed E-state index contributed by atoms with van der Waals surface area (Å²) in [4.78, 5) is 3.24. The van der Waals surface area contributed by atoms with Crippen molar-refractivity contribution in [3.8, 4) is 0 Å². The van der Waals surface area contributed by atoms with Crippen LogP contribution in [0.2, 0.25) is 0 Å². The zero-order valence-electron chi connectivity index (χ0n) is 16.9. The molecule has 1 aromatic heterocycles. The summed E-state index contributed by atoms with van der Waals surface area (Å²) >= 11 is 0. The molecule has 1 heterocycles. The Morgan fingerprint density at radius 1 is 1.06 bits per heavy atom. The Labute approximate surface area is 176 Å². The minimum absolute atomic E-state index is 0.185. The maximum absolute atomic E-state index is 13.4. The number of nitrogens with one attached hydrogen (secondary N) is 2. The topological polar surface area (TPSA) is 57.2 Å². The van der Waals surface area contributed by atoms with Gasteiger partial charge in [-0.2, -0.15) is 26.3 Å². The monoisotopic (exact) mass is 449 g/mol. The highest BCUT2D eigenvalue weighted by Crippen LogP contribution is 2.38. The lowest BCUT2D eigenvalue weighted by Gasteiger charge is -2.26. The molecule has 3 rings (SSSR count). The molecule has 2 aromatic rings. The standard InChI is InChI=1S/C21H25F6N3O/c1-12(11-28-13-6-3-2-4-7-13)29-19(31)15-10-17(21(25,26)27)30-18-14(15)8-5-9-16(18)20(22,23)24/h5,8-10,12-13,19,28-29,31H,2-4,6-7,11H2,1H3. The van der Waals surface area contributed by atoms with E-state index in [0.717, 1.165) is 31.7 Å². The predicted molar refractivity (Wildman–Crippen MR) is 104 cm³/mol. The maximum Gasteiger partial charge on any atom is 0.433 e. The van der Waals surface area contributed by atoms with Crippen molar-refractivity contribution in [2.24, 2.45) is 0 Å². The zero-order valence-corrected chi connectivity index (χ0v) is 16.9. The summed E-state index contributed by atoms with van der Waals surface area (Å²) in [5, 5.41) is 16.6. The van der Waals surface area contributed by atoms with Gasteiger partial charge in [0.1, 0.15) is 11.9 Å². The molecule has 2 atom stereocenters. The van der Waals surface area contributed by atoms with Gasteiger partial charge in [0, 0.05) is 29.6 Å². The molecular formula is C21H25F6N3O. The second-order valence-corrected chi connectivity index (χ2v) is 8.01. The molecule has 0 amide bonds. The van der Waals surface area contributed by atoms with E-state index in [-0.39, 0.29) is 17.0 Å². The van der Waals surface area contributed by atoms with Crippen LogP contribution in [0.3, 0.4) is 0 Å². The van der Waals surface area contributed by atoms with E-state index < -0.39 is 35.4 Å². The molecule has 1 saturated carbocycles. The third-order valence-electron chi connectivity index (χ3n) is 5.52. The van der Waals surface area contributed by atoms with E-state index in [0.29, 0.717) is 24.7 Å². The van der Waals surface area contributed by atoms with Crippen molar-refractivity contribution < 1.29 is 31.4 Å². The summed E-state index contributed by atoms with van der Waals surface area (Å²) in [6.45, 7) is 2.21. The van der Waals surface area contributed by atoms with E-state index in [1.165, 1.54) is 12.5 Å². The lowest BCUT2D eigenvalue weighted by atomic mass is 9.95. The number of rotatable bonds is 6. The molecular weight excluding hydrogens is 424 g/mol. The first-order valence-electron chi connectivity index (χ1n) is 10.2. The van der Waals surface area contributed by atoms with Crippen molar-refractivity contribution in [2.45, 2.75) is 69.7 Å². The molecule has 0 aliphatic heterocycles. The SMILES string of the molecule is CC(CNC1CCCCC1)NC(O)c1cc(C(F)(F)F)nc2c(C(F)(F)F)cccc12. The van der Waals surface area contributed by atoms with Gasteiger partial charge in [-0.25, -0.2) is 4.98 Å². The predicted octanol–water partition coefficient (Wildman–Crippen LogP) is 5.16. The Hall–Kier alpha value is -1.91. The summed E-state index contributed by atoms with van der Waals surface area (Å²) in [6.07, 6.45) is -5.91. The van der Waals surface area contributed by atoms with Crippen LogP contribution >= 0.6 is 0 Å². The van der Waals surface area contributed by atoms with Gasteiger partial charge in [0.2, 0.25) is 0 Å². The first-order valence-corrected chi connectivity index (χ1v) is 10.2. The molecule has 10 heteroatoms. The lowest BCUT2D eigenvalue weighted by Crippen LogP contribution is -2.42. The van der Waals surface area contributed by atoms with E-state index in [2.05, 4.69) is 15.6 Å². The van der Waals surface area contributed by atoms with Crippen molar-refractivity contribution >= 4 is 10.9 Å². The third-order valence-corrected chi connectivity index (χ3v) is 5.52. The van der Waals surface area contributed by atoms with Gasteiger partial charge in [-0.15, -0.1) is 0 Å². The van der Waals surface area contributed by atoms with Gasteiger partial charge in [0.25, 0.3) is 0 Å². The highest BCUT2D eigenvalue weighted by atomic mass is 19.4. The Balaban J connectivity index is 1.88. The molecule has 0 bridgehead atoms. The van der Waals surface area contributed by atoms with Crippen LogP contribution in [0.4, 0.5) is 26.3 Å². The van der Waals surface area contributed by atoms with E-state index in [9.17, 15) is 31.4 Å². The van der Waals surface area contributed by atoms with Crippen molar-refractivity contribution in [3.63, 3.8) is 0 Å². The summed E-state index contributed by atoms with van der Waals surface area (Å²) in [6, 6.07) is 3.60. The van der Waals surface area contributed by atoms with E-state index >= 15 is 0 Å². The number of aliphatic hydroxyl groups is 1. The number of halogens is 6. The molecule has 0 radical (unpaired) electrons. The fourth-order valence-corrected chi connectivity index (χ4v) is 3.94. The normalized spacial score (nSPS) is 18.3. The first-order chi connectivity index (χ1) is 14.5. The molecule has 0 saturated heterocycles. The molecule has 31 heavy (non-hydrogen) atoms. The average Bonchev–Trinajstić information content (AvgIpc) is 2.70. The van der Waals surface area contributed by atoms with Crippen molar-refractivity contribution in [1.82, 2.24) is 15.6 Å². The van der Waals surface area contributed by atoms with Crippen LogP contribution < -0.4 is 10.6 Å². The second kappa shape index (κ2) is 9.30. The van der Waals surface area contributed by atoms with Gasteiger partial charge in [-0.05, 0) is 31.9 Å². The third kappa shape index (κ3) is 5.87. The van der Waals surface area contributed by atoms with Crippen molar-refractivity contribution in [2.75, 3.05) is 6.54 Å². The molecule has 172 valence electrons. The van der Waals surface area contributed by atoms with Crippen molar-refractivity contribution in [3.05, 3.63) is 41.1 Å². The van der Waals surface area contributed by atoms with Crippen LogP contribution in [0.25, 0.3) is 10.9 Å². The molecule has 1 fully saturated rings. The average molecular weight is 449 g/mol. The molecule has 4 nitrogen and oxygen atoms in total. The Morgan fingerprint density at radius 3 is 2.35 bits per heavy atom. The Morgan fingerprint density at radius 2 is 1.74 bits per heavy atom. The minimum atomic E-state index is -4.96. The number of fused-ring (bicyclic) bond motifs is 1. The minimum Gasteiger partial charge on any atom is -0.374 e. The summed E-state index contributed by atoms with van der Waals surface area (Å²) in [5.74, 6) is 0. The smallest absolute Gasteiger partial charge is 0.374 e. The number of hydrogen-bond acceptors (Lipinski definition) is 4. The lowest BCUT2D eigenvalue weighted by molar-refractivity contribution is -0.142. The van der Waals surface area contributed by atoms with E-state index in [1.807, 2.05) is 0 Å². The second-order valence-electron chi connectivity index (χ2n) is 8.01. The van der Waals surface area contributed by atoms with Gasteiger partial charge in [0.05, 0.1) is 11.1 Å². The van der Waals surface area contributed by atoms with Crippen LogP contribution in [-0.4, -0.2) is 28.7 Å². The molecule has 3 N–H and O–H groups in total. The summed E-state index contributed by atoms with van der Waals surface area (Å²) in [7, 11) is 0. The van der Waals surface area contributed by atoms with Crippen LogP contribution in [0, 0.1) is 0 Å². The number of aromatic nitrogens is 1. The highest BCUT2D eigenvalue weighted by Gasteiger charge is 2.38. The summed E-state index contributed by atoms with van der Waals surface area (Å²) < 4.78 is 80.0. The largest absolute Gasteiger partial charge is 0.433 e. The van der Waals surface area contributed by atoms with E-state index in [1.54, 1.807) is 6.92 Å². The number of aliphatic hydroxyl groups excluding tert-OH is 1. The number of nitrogens with zero attached hydrogens (tertiary/aromatic N) is 1. The number of hydrogen-bond donors (Lipinski definition) is 3. The number of para-hydroxylation sites is 1. The summed E-state index contributed by atoms with van der Waals surface area (Å²) in [5.41, 5.74) is -3.90. The number of pyridine rings is 1. The number of benzene rings is 1. The zero-order chi connectivity index (χ0) is 22.8. The van der Waals surface area contributed by atoms with Gasteiger partial charge in [-0.1, -0.05) is 31.4 Å². The molecule has 1 aliphatic rings. The number of alkyl halides is 6.